The van der Waals surface area contributed by atoms with E-state index in [-0.39, 0.29) is 6.54 Å². The van der Waals surface area contributed by atoms with Crippen LogP contribution in [0.25, 0.3) is 10.4 Å². The minimum Gasteiger partial charge on any atom is -0.353 e. The summed E-state index contributed by atoms with van der Waals surface area (Å²) >= 11 is 3.86. The molecule has 0 amide bonds. The van der Waals surface area contributed by atoms with Gasteiger partial charge >= 0.3 is 0 Å². The minimum atomic E-state index is -0.407. The maximum absolute atomic E-state index is 12.5. The van der Waals surface area contributed by atoms with Gasteiger partial charge in [-0.2, -0.15) is 5.10 Å². The number of aromatic nitrogens is 3. The van der Waals surface area contributed by atoms with Crippen molar-refractivity contribution in [3.05, 3.63) is 41.8 Å². The van der Waals surface area contributed by atoms with Gasteiger partial charge in [0.25, 0.3) is 0 Å². The van der Waals surface area contributed by atoms with Crippen LogP contribution in [0.3, 0.4) is 0 Å². The van der Waals surface area contributed by atoms with E-state index in [0.717, 1.165) is 16.6 Å². The van der Waals surface area contributed by atoms with Crippen molar-refractivity contribution in [2.75, 3.05) is 12.0 Å². The summed E-state index contributed by atoms with van der Waals surface area (Å²) in [6.07, 6.45) is 14.9. The third-order valence-electron chi connectivity index (χ3n) is 5.78. The molecule has 2 aliphatic carbocycles. The highest BCUT2D eigenvalue weighted by Gasteiger charge is 2.25. The normalized spacial score (nSPS) is 17.4. The number of rotatable bonds is 8. The zero-order chi connectivity index (χ0) is 20.3. The van der Waals surface area contributed by atoms with E-state index in [9.17, 15) is 4.39 Å². The molecule has 0 saturated heterocycles. The Bertz CT molecular complexity index is 989. The fourth-order valence-electron chi connectivity index (χ4n) is 4.02. The van der Waals surface area contributed by atoms with Crippen LogP contribution in [0, 0.1) is 0 Å². The van der Waals surface area contributed by atoms with Gasteiger partial charge in [-0.15, -0.1) is 23.1 Å². The van der Waals surface area contributed by atoms with Gasteiger partial charge in [0.05, 0.1) is 28.3 Å². The molecule has 158 valence electrons. The first-order valence-electron chi connectivity index (χ1n) is 10.9. The number of benzene rings is 1. The van der Waals surface area contributed by atoms with Gasteiger partial charge in [0.2, 0.25) is 0 Å². The third-order valence-corrected chi connectivity index (χ3v) is 8.37. The Balaban J connectivity index is 1.38. The maximum Gasteiger partial charge on any atom is 0.109 e. The number of thiazole rings is 1. The molecule has 0 spiro atoms. The van der Waals surface area contributed by atoms with Gasteiger partial charge in [-0.3, -0.25) is 4.68 Å². The number of anilines is 2. The molecular weight excluding hydrogens is 415 g/mol. The fraction of sp³-hybridized carbons (Fsp3) is 0.478. The summed E-state index contributed by atoms with van der Waals surface area (Å²) in [5, 5.41) is 9.67. The number of aryl methyl sites for hydroxylation is 1. The number of hydrogen-bond acceptors (Lipinski definition) is 5. The Hall–Kier alpha value is -1.86. The van der Waals surface area contributed by atoms with Crippen LogP contribution in [-0.2, 0) is 6.54 Å². The van der Waals surface area contributed by atoms with E-state index in [1.165, 1.54) is 65.3 Å². The van der Waals surface area contributed by atoms with Crippen molar-refractivity contribution in [1.82, 2.24) is 14.8 Å². The van der Waals surface area contributed by atoms with Crippen molar-refractivity contribution in [2.24, 2.45) is 0 Å². The van der Waals surface area contributed by atoms with Crippen molar-refractivity contribution < 1.29 is 4.39 Å². The summed E-state index contributed by atoms with van der Waals surface area (Å²) in [5.74, 6) is 0.652. The second kappa shape index (κ2) is 9.10. The lowest BCUT2D eigenvalue weighted by Gasteiger charge is -2.18. The first kappa shape index (κ1) is 20.1. The molecule has 2 heterocycles. The van der Waals surface area contributed by atoms with Crippen LogP contribution in [0.15, 0.2) is 41.7 Å². The zero-order valence-corrected chi connectivity index (χ0v) is 18.7. The van der Waals surface area contributed by atoms with E-state index < -0.39 is 6.67 Å². The Morgan fingerprint density at radius 1 is 1.10 bits per heavy atom. The van der Waals surface area contributed by atoms with Crippen LogP contribution in [0.2, 0.25) is 0 Å². The summed E-state index contributed by atoms with van der Waals surface area (Å²) in [6, 6.07) is 6.58. The number of halogens is 1. The number of nitrogens with one attached hydrogen (secondary N) is 1. The molecule has 7 heteroatoms. The average Bonchev–Trinajstić information content (AvgIpc) is 3.25. The van der Waals surface area contributed by atoms with Crippen LogP contribution >= 0.6 is 23.1 Å². The lowest BCUT2D eigenvalue weighted by Crippen LogP contribution is -2.03. The Morgan fingerprint density at radius 3 is 2.77 bits per heavy atom. The van der Waals surface area contributed by atoms with Crippen LogP contribution in [0.1, 0.15) is 55.9 Å². The quantitative estimate of drug-likeness (QED) is 0.407. The molecule has 5 rings (SSSR count). The minimum absolute atomic E-state index is 0.290. The topological polar surface area (TPSA) is 42.7 Å². The maximum atomic E-state index is 12.5. The fourth-order valence-corrected chi connectivity index (χ4v) is 6.44. The largest absolute Gasteiger partial charge is 0.353 e. The molecule has 2 saturated carbocycles. The summed E-state index contributed by atoms with van der Waals surface area (Å²) < 4.78 is 14.2. The molecule has 3 aromatic rings. The van der Waals surface area contributed by atoms with Crippen molar-refractivity contribution in [2.45, 2.75) is 67.6 Å². The number of thioether (sulfide) groups is 1. The molecule has 0 atom stereocenters. The molecule has 0 aliphatic heterocycles. The number of alkyl halides is 1. The Morgan fingerprint density at radius 2 is 1.97 bits per heavy atom. The molecule has 2 fully saturated rings. The van der Waals surface area contributed by atoms with Crippen LogP contribution in [-0.4, -0.2) is 26.7 Å². The third kappa shape index (κ3) is 4.72. The first-order chi connectivity index (χ1) is 14.8. The monoisotopic (exact) mass is 442 g/mol. The van der Waals surface area contributed by atoms with E-state index >= 15 is 0 Å². The van der Waals surface area contributed by atoms with Crippen LogP contribution in [0.4, 0.5) is 15.8 Å². The molecule has 0 unspecified atom stereocenters. The van der Waals surface area contributed by atoms with Crippen molar-refractivity contribution in [3.63, 3.8) is 0 Å². The number of hydrogen-bond donors (Lipinski definition) is 1. The van der Waals surface area contributed by atoms with Crippen molar-refractivity contribution in [3.8, 4) is 10.4 Å². The Kier molecular flexibility index (Phi) is 6.09. The van der Waals surface area contributed by atoms with Gasteiger partial charge in [0.1, 0.15) is 6.67 Å². The molecule has 2 aliphatic rings. The van der Waals surface area contributed by atoms with Gasteiger partial charge in [-0.25, -0.2) is 9.37 Å². The van der Waals surface area contributed by atoms with Crippen LogP contribution in [0.5, 0.6) is 0 Å². The van der Waals surface area contributed by atoms with E-state index in [1.807, 2.05) is 29.3 Å². The van der Waals surface area contributed by atoms with E-state index in [2.05, 4.69) is 34.8 Å². The van der Waals surface area contributed by atoms with E-state index in [0.29, 0.717) is 5.92 Å². The van der Waals surface area contributed by atoms with Gasteiger partial charge in [-0.05, 0) is 37.8 Å². The molecule has 4 nitrogen and oxygen atoms in total. The SMILES string of the molecule is FCCn1cc(Nc2ccc(-c3cnc(C4CCCCC4)s3)c(SC3CC3)c2)cn1. The lowest BCUT2D eigenvalue weighted by atomic mass is 9.90. The smallest absolute Gasteiger partial charge is 0.109 e. The predicted molar refractivity (Wildman–Crippen MR) is 124 cm³/mol. The average molecular weight is 443 g/mol. The molecule has 1 aromatic carbocycles. The molecule has 1 N–H and O–H groups in total. The molecule has 0 bridgehead atoms. The van der Waals surface area contributed by atoms with E-state index in [4.69, 9.17) is 4.98 Å². The second-order valence-corrected chi connectivity index (χ2v) is 10.6. The summed E-state index contributed by atoms with van der Waals surface area (Å²) in [5.41, 5.74) is 3.22. The Labute approximate surface area is 185 Å². The highest BCUT2D eigenvalue weighted by atomic mass is 32.2. The van der Waals surface area contributed by atoms with Gasteiger partial charge in [0, 0.05) is 39.7 Å². The molecule has 0 radical (unpaired) electrons. The molecular formula is C23H27FN4S2. The molecule has 2 aromatic heterocycles. The van der Waals surface area contributed by atoms with E-state index in [1.54, 1.807) is 10.9 Å². The van der Waals surface area contributed by atoms with Crippen molar-refractivity contribution >= 4 is 34.5 Å². The standard InChI is InChI=1S/C23H27FN4S2/c24-10-11-28-15-18(13-26-28)27-17-6-9-20(21(12-17)29-19-7-8-19)22-14-25-23(30-22)16-4-2-1-3-5-16/h6,9,12-16,19,27H,1-5,7-8,10-11H2. The van der Waals surface area contributed by atoms with Gasteiger partial charge in [0.15, 0.2) is 0 Å². The van der Waals surface area contributed by atoms with Gasteiger partial charge in [-0.1, -0.05) is 25.3 Å². The summed E-state index contributed by atoms with van der Waals surface area (Å²) in [7, 11) is 0. The summed E-state index contributed by atoms with van der Waals surface area (Å²) in [6.45, 7) is -0.117. The molecule has 30 heavy (non-hydrogen) atoms. The summed E-state index contributed by atoms with van der Waals surface area (Å²) in [4.78, 5) is 7.41. The van der Waals surface area contributed by atoms with Crippen LogP contribution < -0.4 is 5.32 Å². The zero-order valence-electron chi connectivity index (χ0n) is 17.0. The lowest BCUT2D eigenvalue weighted by molar-refractivity contribution is 0.427. The van der Waals surface area contributed by atoms with Crippen molar-refractivity contribution in [1.29, 1.82) is 0 Å². The highest BCUT2D eigenvalue weighted by molar-refractivity contribution is 8.00. The highest BCUT2D eigenvalue weighted by Crippen LogP contribution is 2.46. The first-order valence-corrected chi connectivity index (χ1v) is 12.6. The number of nitrogens with zero attached hydrogens (tertiary/aromatic N) is 3. The van der Waals surface area contributed by atoms with Gasteiger partial charge < -0.3 is 5.32 Å². The predicted octanol–water partition coefficient (Wildman–Crippen LogP) is 7.02. The second-order valence-electron chi connectivity index (χ2n) is 8.23.